The van der Waals surface area contributed by atoms with Crippen molar-refractivity contribution in [2.45, 2.75) is 84.5 Å². The second-order valence-corrected chi connectivity index (χ2v) is 8.68. The van der Waals surface area contributed by atoms with Gasteiger partial charge in [0.25, 0.3) is 0 Å². The first kappa shape index (κ1) is 26.3. The molecule has 176 valence electrons. The van der Waals surface area contributed by atoms with Crippen molar-refractivity contribution in [2.24, 2.45) is 5.92 Å². The Morgan fingerprint density at radius 1 is 1.18 bits per heavy atom. The highest BCUT2D eigenvalue weighted by molar-refractivity contribution is 6.08. The minimum Gasteiger partial charge on any atom is -0.361 e. The summed E-state index contributed by atoms with van der Waals surface area (Å²) in [6.07, 6.45) is 13.3. The van der Waals surface area contributed by atoms with Crippen LogP contribution in [0.5, 0.6) is 0 Å². The second-order valence-electron chi connectivity index (χ2n) is 8.68. The van der Waals surface area contributed by atoms with Crippen LogP contribution in [0.4, 0.5) is 0 Å². The first-order valence-electron chi connectivity index (χ1n) is 12.3. The Morgan fingerprint density at radius 3 is 2.67 bits per heavy atom. The largest absolute Gasteiger partial charge is 0.361 e. The predicted molar refractivity (Wildman–Crippen MR) is 134 cm³/mol. The van der Waals surface area contributed by atoms with Crippen LogP contribution in [0.2, 0.25) is 0 Å². The molecule has 0 aliphatic carbocycles. The summed E-state index contributed by atoms with van der Waals surface area (Å²) in [6, 6.07) is 12.2. The Kier molecular flexibility index (Phi) is 11.9. The molecule has 0 aliphatic heterocycles. The zero-order valence-electron chi connectivity index (χ0n) is 20.1. The van der Waals surface area contributed by atoms with Crippen LogP contribution in [-0.4, -0.2) is 17.2 Å². The molecule has 1 heterocycles. The van der Waals surface area contributed by atoms with E-state index in [1.807, 2.05) is 37.3 Å². The van der Waals surface area contributed by atoms with Crippen molar-refractivity contribution in [1.82, 2.24) is 5.16 Å². The van der Waals surface area contributed by atoms with E-state index in [-0.39, 0.29) is 11.7 Å². The SMILES string of the molecule is CCCCC/C=C(\C=N)c1ccc(-c2cc(CCCC(=O)[C@H](C)CCCCC#N)on2)cc1. The van der Waals surface area contributed by atoms with Crippen LogP contribution >= 0.6 is 0 Å². The third kappa shape index (κ3) is 9.18. The quantitative estimate of drug-likeness (QED) is 0.212. The van der Waals surface area contributed by atoms with Crippen molar-refractivity contribution >= 4 is 17.6 Å². The number of allylic oxidation sites excluding steroid dienone is 2. The van der Waals surface area contributed by atoms with Crippen molar-refractivity contribution in [3.63, 3.8) is 0 Å². The van der Waals surface area contributed by atoms with E-state index in [2.05, 4.69) is 24.2 Å². The van der Waals surface area contributed by atoms with Crippen molar-refractivity contribution in [3.8, 4) is 17.3 Å². The number of unbranched alkanes of at least 4 members (excludes halogenated alkanes) is 5. The molecule has 0 unspecified atom stereocenters. The normalized spacial score (nSPS) is 12.3. The van der Waals surface area contributed by atoms with Gasteiger partial charge in [-0.25, -0.2) is 0 Å². The fraction of sp³-hybridized carbons (Fsp3) is 0.500. The average molecular weight is 448 g/mol. The maximum Gasteiger partial charge on any atom is 0.137 e. The highest BCUT2D eigenvalue weighted by Crippen LogP contribution is 2.23. The van der Waals surface area contributed by atoms with Gasteiger partial charge in [-0.1, -0.05) is 68.6 Å². The summed E-state index contributed by atoms with van der Waals surface area (Å²) >= 11 is 0. The van der Waals surface area contributed by atoms with Crippen molar-refractivity contribution in [3.05, 3.63) is 47.7 Å². The maximum atomic E-state index is 12.3. The number of nitrogens with one attached hydrogen (secondary N) is 1. The minimum atomic E-state index is 0.0547. The Labute approximate surface area is 198 Å². The van der Waals surface area contributed by atoms with E-state index in [1.165, 1.54) is 19.1 Å². The lowest BCUT2D eigenvalue weighted by Crippen LogP contribution is -2.11. The second kappa shape index (κ2) is 14.9. The van der Waals surface area contributed by atoms with Crippen LogP contribution in [0.3, 0.4) is 0 Å². The van der Waals surface area contributed by atoms with Crippen LogP contribution in [0.15, 0.2) is 40.9 Å². The van der Waals surface area contributed by atoms with Crippen molar-refractivity contribution in [2.75, 3.05) is 0 Å². The Bertz CT molecular complexity index is 935. The van der Waals surface area contributed by atoms with Crippen LogP contribution in [0.1, 0.15) is 89.4 Å². The van der Waals surface area contributed by atoms with Crippen LogP contribution in [0.25, 0.3) is 16.8 Å². The molecule has 0 saturated carbocycles. The highest BCUT2D eigenvalue weighted by atomic mass is 16.5. The zero-order chi connectivity index (χ0) is 23.9. The third-order valence-corrected chi connectivity index (χ3v) is 5.97. The molecule has 1 atom stereocenters. The summed E-state index contributed by atoms with van der Waals surface area (Å²) in [5.74, 6) is 1.13. The molecule has 0 fully saturated rings. The lowest BCUT2D eigenvalue weighted by atomic mass is 9.95. The van der Waals surface area contributed by atoms with Gasteiger partial charge < -0.3 is 9.93 Å². The summed E-state index contributed by atoms with van der Waals surface area (Å²) in [5.41, 5.74) is 3.75. The van der Waals surface area contributed by atoms with Gasteiger partial charge in [-0.2, -0.15) is 5.26 Å². The first-order valence-corrected chi connectivity index (χ1v) is 12.3. The van der Waals surface area contributed by atoms with E-state index in [1.54, 1.807) is 0 Å². The van der Waals surface area contributed by atoms with Crippen LogP contribution < -0.4 is 0 Å². The van der Waals surface area contributed by atoms with E-state index >= 15 is 0 Å². The molecule has 0 aliphatic rings. The molecule has 1 aromatic heterocycles. The smallest absolute Gasteiger partial charge is 0.137 e. The maximum absolute atomic E-state index is 12.3. The van der Waals surface area contributed by atoms with Gasteiger partial charge in [0, 0.05) is 43.0 Å². The minimum absolute atomic E-state index is 0.0547. The Morgan fingerprint density at radius 2 is 1.97 bits per heavy atom. The number of ketones is 1. The standard InChI is InChI=1S/C28H37N3O2/c1-3-4-5-8-12-25(21-30)23-15-17-24(18-16-23)27-20-26(33-31-27)13-10-14-28(32)22(2)11-7-6-9-19-29/h12,15-18,20-22,30H,3-11,13-14H2,1-2H3/b25-12+,30-21?/t22-/m1/s1. The molecule has 0 bridgehead atoms. The molecular weight excluding hydrogens is 410 g/mol. The molecule has 0 spiro atoms. The summed E-state index contributed by atoms with van der Waals surface area (Å²) in [6.45, 7) is 4.17. The number of carbonyl (C=O) groups is 1. The third-order valence-electron chi connectivity index (χ3n) is 5.97. The number of aromatic nitrogens is 1. The number of benzene rings is 1. The molecule has 1 N–H and O–H groups in total. The number of aryl methyl sites for hydroxylation is 1. The molecule has 0 amide bonds. The van der Waals surface area contributed by atoms with E-state index in [4.69, 9.17) is 15.2 Å². The van der Waals surface area contributed by atoms with Gasteiger partial charge in [0.2, 0.25) is 0 Å². The lowest BCUT2D eigenvalue weighted by Gasteiger charge is -2.09. The van der Waals surface area contributed by atoms with Gasteiger partial charge >= 0.3 is 0 Å². The van der Waals surface area contributed by atoms with Crippen LogP contribution in [-0.2, 0) is 11.2 Å². The topological polar surface area (TPSA) is 90.7 Å². The number of nitriles is 1. The molecular formula is C28H37N3O2. The summed E-state index contributed by atoms with van der Waals surface area (Å²) in [7, 11) is 0. The number of nitrogens with zero attached hydrogens (tertiary/aromatic N) is 2. The highest BCUT2D eigenvalue weighted by Gasteiger charge is 2.13. The molecule has 0 radical (unpaired) electrons. The molecule has 2 aromatic rings. The zero-order valence-corrected chi connectivity index (χ0v) is 20.1. The van der Waals surface area contributed by atoms with Gasteiger partial charge in [0.05, 0.1) is 6.07 Å². The monoisotopic (exact) mass is 447 g/mol. The van der Waals surface area contributed by atoms with E-state index < -0.39 is 0 Å². The van der Waals surface area contributed by atoms with Gasteiger partial charge in [-0.15, -0.1) is 0 Å². The molecule has 2 rings (SSSR count). The van der Waals surface area contributed by atoms with Gasteiger partial charge in [-0.05, 0) is 43.2 Å². The fourth-order valence-electron chi connectivity index (χ4n) is 3.81. The average Bonchev–Trinajstić information content (AvgIpc) is 3.31. The number of hydrogen-bond acceptors (Lipinski definition) is 5. The Balaban J connectivity index is 1.84. The number of Topliss-reactive ketones (excluding diaryl/α,β-unsaturated/α-hetero) is 1. The molecule has 0 saturated heterocycles. The molecule has 33 heavy (non-hydrogen) atoms. The van der Waals surface area contributed by atoms with E-state index in [0.29, 0.717) is 19.3 Å². The summed E-state index contributed by atoms with van der Waals surface area (Å²) < 4.78 is 5.49. The van der Waals surface area contributed by atoms with Gasteiger partial charge in [0.1, 0.15) is 17.2 Å². The summed E-state index contributed by atoms with van der Waals surface area (Å²) in [5, 5.41) is 20.5. The van der Waals surface area contributed by atoms with Gasteiger partial charge in [0.15, 0.2) is 0 Å². The number of rotatable bonds is 16. The molecule has 5 nitrogen and oxygen atoms in total. The Hall–Kier alpha value is -3.00. The fourth-order valence-corrected chi connectivity index (χ4v) is 3.81. The predicted octanol–water partition coefficient (Wildman–Crippen LogP) is 7.57. The number of hydrogen-bond donors (Lipinski definition) is 1. The van der Waals surface area contributed by atoms with Gasteiger partial charge in [-0.3, -0.25) is 4.79 Å². The lowest BCUT2D eigenvalue weighted by molar-refractivity contribution is -0.122. The van der Waals surface area contributed by atoms with Crippen LogP contribution in [0, 0.1) is 22.7 Å². The van der Waals surface area contributed by atoms with E-state index in [9.17, 15) is 4.79 Å². The van der Waals surface area contributed by atoms with E-state index in [0.717, 1.165) is 66.7 Å². The summed E-state index contributed by atoms with van der Waals surface area (Å²) in [4.78, 5) is 12.3. The molecule has 1 aromatic carbocycles. The molecule has 5 heteroatoms. The van der Waals surface area contributed by atoms with Crippen molar-refractivity contribution < 1.29 is 9.32 Å². The first-order chi connectivity index (χ1) is 16.1. The van der Waals surface area contributed by atoms with Crippen molar-refractivity contribution in [1.29, 1.82) is 10.7 Å². The number of carbonyl (C=O) groups excluding carboxylic acids is 1.